The fourth-order valence-corrected chi connectivity index (χ4v) is 1.29. The second kappa shape index (κ2) is 8.90. The molecule has 0 aliphatic rings. The van der Waals surface area contributed by atoms with Crippen molar-refractivity contribution >= 4 is 11.9 Å². The highest BCUT2D eigenvalue weighted by atomic mass is 19.3. The van der Waals surface area contributed by atoms with Gasteiger partial charge in [0.1, 0.15) is 0 Å². The Bertz CT molecular complexity index is 226. The minimum Gasteiger partial charge on any atom is -0.465 e. The third kappa shape index (κ3) is 6.86. The lowest BCUT2D eigenvalue weighted by Gasteiger charge is -2.13. The van der Waals surface area contributed by atoms with Gasteiger partial charge in [-0.15, -0.1) is 0 Å². The summed E-state index contributed by atoms with van der Waals surface area (Å²) in [4.78, 5) is 22.8. The minimum absolute atomic E-state index is 0.0298. The Hall–Kier alpha value is -1.20. The molecule has 100 valence electrons. The maximum atomic E-state index is 12.0. The van der Waals surface area contributed by atoms with E-state index < -0.39 is 24.3 Å². The van der Waals surface area contributed by atoms with Gasteiger partial charge < -0.3 is 9.47 Å². The van der Waals surface area contributed by atoms with Gasteiger partial charge >= 0.3 is 11.9 Å². The van der Waals surface area contributed by atoms with Crippen LogP contribution in [0.3, 0.4) is 0 Å². The van der Waals surface area contributed by atoms with Crippen LogP contribution in [0, 0.1) is 5.92 Å². The molecule has 0 fully saturated rings. The van der Waals surface area contributed by atoms with E-state index in [0.29, 0.717) is 0 Å². The van der Waals surface area contributed by atoms with Crippen molar-refractivity contribution in [1.29, 1.82) is 0 Å². The monoisotopic (exact) mass is 252 g/mol. The molecule has 0 unspecified atom stereocenters. The van der Waals surface area contributed by atoms with Crippen molar-refractivity contribution in [3.8, 4) is 0 Å². The normalized spacial score (nSPS) is 10.7. The van der Waals surface area contributed by atoms with E-state index >= 15 is 0 Å². The average molecular weight is 252 g/mol. The first-order valence-corrected chi connectivity index (χ1v) is 5.64. The molecule has 6 heteroatoms. The summed E-state index contributed by atoms with van der Waals surface area (Å²) in [7, 11) is 0. The molecule has 0 heterocycles. The molecule has 0 aliphatic carbocycles. The van der Waals surface area contributed by atoms with Crippen molar-refractivity contribution < 1.29 is 27.8 Å². The standard InChI is InChI=1S/C11H18F2O4/c1-3-16-10(14)8(11(15)17-4-2)6-5-7-9(12)13/h8-9H,3-7H2,1-2H3. The summed E-state index contributed by atoms with van der Waals surface area (Å²) in [5.74, 6) is -2.51. The second-order valence-corrected chi connectivity index (χ2v) is 3.38. The SMILES string of the molecule is CCOC(=O)C(CCCC(F)F)C(=O)OCC. The summed E-state index contributed by atoms with van der Waals surface area (Å²) in [6, 6.07) is 0. The first-order valence-electron chi connectivity index (χ1n) is 5.64. The Morgan fingerprint density at radius 3 is 1.82 bits per heavy atom. The van der Waals surface area contributed by atoms with E-state index in [-0.39, 0.29) is 32.5 Å². The number of carbonyl (C=O) groups excluding carboxylic acids is 2. The fourth-order valence-electron chi connectivity index (χ4n) is 1.29. The van der Waals surface area contributed by atoms with Crippen LogP contribution in [0.5, 0.6) is 0 Å². The van der Waals surface area contributed by atoms with Crippen molar-refractivity contribution in [3.05, 3.63) is 0 Å². The first-order chi connectivity index (χ1) is 8.02. The van der Waals surface area contributed by atoms with Gasteiger partial charge in [0, 0.05) is 6.42 Å². The Morgan fingerprint density at radius 1 is 1.00 bits per heavy atom. The van der Waals surface area contributed by atoms with Gasteiger partial charge in [0.15, 0.2) is 5.92 Å². The predicted octanol–water partition coefficient (Wildman–Crippen LogP) is 2.16. The summed E-state index contributed by atoms with van der Waals surface area (Å²) in [5.41, 5.74) is 0. The fraction of sp³-hybridized carbons (Fsp3) is 0.818. The largest absolute Gasteiger partial charge is 0.465 e. The van der Waals surface area contributed by atoms with E-state index in [1.165, 1.54) is 0 Å². The lowest BCUT2D eigenvalue weighted by Crippen LogP contribution is -2.28. The van der Waals surface area contributed by atoms with Crippen molar-refractivity contribution in [2.24, 2.45) is 5.92 Å². The number of hydrogen-bond donors (Lipinski definition) is 0. The van der Waals surface area contributed by atoms with Crippen LogP contribution in [0.25, 0.3) is 0 Å². The summed E-state index contributed by atoms with van der Waals surface area (Å²) >= 11 is 0. The minimum atomic E-state index is -2.43. The topological polar surface area (TPSA) is 52.6 Å². The molecule has 0 rings (SSSR count). The maximum Gasteiger partial charge on any atom is 0.320 e. The molecule has 0 atom stereocenters. The number of rotatable bonds is 8. The zero-order valence-electron chi connectivity index (χ0n) is 10.1. The van der Waals surface area contributed by atoms with E-state index in [4.69, 9.17) is 9.47 Å². The van der Waals surface area contributed by atoms with Crippen LogP contribution in [-0.2, 0) is 19.1 Å². The Balaban J connectivity index is 4.29. The van der Waals surface area contributed by atoms with E-state index in [2.05, 4.69) is 0 Å². The number of ether oxygens (including phenoxy) is 2. The molecule has 4 nitrogen and oxygen atoms in total. The van der Waals surface area contributed by atoms with Crippen LogP contribution in [0.4, 0.5) is 8.78 Å². The van der Waals surface area contributed by atoms with E-state index in [1.54, 1.807) is 13.8 Å². The molecule has 0 N–H and O–H groups in total. The highest BCUT2D eigenvalue weighted by Gasteiger charge is 2.29. The molecule has 0 radical (unpaired) electrons. The number of carbonyl (C=O) groups is 2. The molecule has 17 heavy (non-hydrogen) atoms. The molecule has 0 aromatic heterocycles. The molecular weight excluding hydrogens is 234 g/mol. The highest BCUT2D eigenvalue weighted by molar-refractivity contribution is 5.94. The average Bonchev–Trinajstić information content (AvgIpc) is 2.24. The van der Waals surface area contributed by atoms with Crippen LogP contribution in [-0.4, -0.2) is 31.6 Å². The predicted molar refractivity (Wildman–Crippen MR) is 56.6 cm³/mol. The summed E-state index contributed by atoms with van der Waals surface area (Å²) in [6.45, 7) is 3.51. The number of hydrogen-bond acceptors (Lipinski definition) is 4. The quantitative estimate of drug-likeness (QED) is 0.490. The van der Waals surface area contributed by atoms with Crippen LogP contribution >= 0.6 is 0 Å². The van der Waals surface area contributed by atoms with Gasteiger partial charge in [-0.05, 0) is 26.7 Å². The third-order valence-electron chi connectivity index (χ3n) is 2.06. The van der Waals surface area contributed by atoms with E-state index in [1.807, 2.05) is 0 Å². The van der Waals surface area contributed by atoms with E-state index in [9.17, 15) is 18.4 Å². The smallest absolute Gasteiger partial charge is 0.320 e. The molecule has 0 bridgehead atoms. The lowest BCUT2D eigenvalue weighted by molar-refractivity contribution is -0.162. The molecule has 0 saturated carbocycles. The molecule has 0 aromatic carbocycles. The second-order valence-electron chi connectivity index (χ2n) is 3.38. The van der Waals surface area contributed by atoms with Crippen molar-refractivity contribution in [1.82, 2.24) is 0 Å². The van der Waals surface area contributed by atoms with Gasteiger partial charge in [-0.25, -0.2) is 8.78 Å². The molecule has 0 saturated heterocycles. The summed E-state index contributed by atoms with van der Waals surface area (Å²) in [5, 5.41) is 0. The molecule has 0 spiro atoms. The zero-order chi connectivity index (χ0) is 13.3. The lowest BCUT2D eigenvalue weighted by atomic mass is 10.0. The molecule has 0 amide bonds. The number of alkyl halides is 2. The number of esters is 2. The maximum absolute atomic E-state index is 12.0. The molecule has 0 aromatic rings. The molecular formula is C11H18F2O4. The summed E-state index contributed by atoms with van der Waals surface area (Å²) in [6.07, 6.45) is -2.66. The third-order valence-corrected chi connectivity index (χ3v) is 2.06. The van der Waals surface area contributed by atoms with Crippen LogP contribution < -0.4 is 0 Å². The van der Waals surface area contributed by atoms with Gasteiger partial charge in [0.25, 0.3) is 0 Å². The Labute approximate surface area is 99.3 Å². The summed E-state index contributed by atoms with van der Waals surface area (Å²) < 4.78 is 33.3. The van der Waals surface area contributed by atoms with Gasteiger partial charge in [-0.1, -0.05) is 0 Å². The zero-order valence-corrected chi connectivity index (χ0v) is 10.1. The van der Waals surface area contributed by atoms with Crippen molar-refractivity contribution in [3.63, 3.8) is 0 Å². The Morgan fingerprint density at radius 2 is 1.47 bits per heavy atom. The van der Waals surface area contributed by atoms with Gasteiger partial charge in [0.05, 0.1) is 13.2 Å². The Kier molecular flexibility index (Phi) is 8.27. The first kappa shape index (κ1) is 15.8. The molecule has 0 aliphatic heterocycles. The van der Waals surface area contributed by atoms with Crippen LogP contribution in [0.2, 0.25) is 0 Å². The highest BCUT2D eigenvalue weighted by Crippen LogP contribution is 2.15. The van der Waals surface area contributed by atoms with Crippen molar-refractivity contribution in [2.45, 2.75) is 39.5 Å². The van der Waals surface area contributed by atoms with Gasteiger partial charge in [0.2, 0.25) is 6.43 Å². The number of halogens is 2. The van der Waals surface area contributed by atoms with Crippen molar-refractivity contribution in [2.75, 3.05) is 13.2 Å². The van der Waals surface area contributed by atoms with Crippen LogP contribution in [0.1, 0.15) is 33.1 Å². The van der Waals surface area contributed by atoms with Gasteiger partial charge in [-0.2, -0.15) is 0 Å². The van der Waals surface area contributed by atoms with Gasteiger partial charge in [-0.3, -0.25) is 9.59 Å². The van der Waals surface area contributed by atoms with E-state index in [0.717, 1.165) is 0 Å². The van der Waals surface area contributed by atoms with Crippen LogP contribution in [0.15, 0.2) is 0 Å².